The van der Waals surface area contributed by atoms with Crippen LogP contribution < -0.4 is 10.6 Å². The first-order valence-electron chi connectivity index (χ1n) is 8.89. The van der Waals surface area contributed by atoms with Crippen molar-refractivity contribution in [3.63, 3.8) is 0 Å². The highest BCUT2D eigenvalue weighted by molar-refractivity contribution is 5.23. The van der Waals surface area contributed by atoms with Crippen molar-refractivity contribution in [2.24, 2.45) is 0 Å². The fourth-order valence-electron chi connectivity index (χ4n) is 2.59. The molecule has 0 aliphatic carbocycles. The zero-order valence-corrected chi connectivity index (χ0v) is 14.6. The summed E-state index contributed by atoms with van der Waals surface area (Å²) in [5.74, 6) is 0. The molecule has 0 aliphatic rings. The Morgan fingerprint density at radius 3 is 1.26 bits per heavy atom. The van der Waals surface area contributed by atoms with Gasteiger partial charge in [-0.3, -0.25) is 0 Å². The van der Waals surface area contributed by atoms with Crippen molar-refractivity contribution in [2.45, 2.75) is 46.2 Å². The first kappa shape index (κ1) is 17.7. The number of hydrogen-bond acceptors (Lipinski definition) is 2. The molecule has 2 aromatic rings. The third kappa shape index (κ3) is 6.55. The number of hydrogen-bond donors (Lipinski definition) is 2. The maximum atomic E-state index is 3.51. The van der Waals surface area contributed by atoms with Gasteiger partial charge in [0.15, 0.2) is 0 Å². The largest absolute Gasteiger partial charge is 0.313 e. The van der Waals surface area contributed by atoms with Gasteiger partial charge in [-0.1, -0.05) is 62.4 Å². The van der Waals surface area contributed by atoms with E-state index in [1.807, 2.05) is 0 Å². The second kappa shape index (κ2) is 10.2. The van der Waals surface area contributed by atoms with Crippen LogP contribution >= 0.6 is 0 Å². The van der Waals surface area contributed by atoms with Gasteiger partial charge in [0.1, 0.15) is 0 Å². The van der Waals surface area contributed by atoms with Crippen LogP contribution in [0.1, 0.15) is 42.5 Å². The monoisotopic (exact) mass is 310 g/mol. The molecule has 2 N–H and O–H groups in total. The van der Waals surface area contributed by atoms with E-state index < -0.39 is 0 Å². The molecule has 0 radical (unpaired) electrons. The lowest BCUT2D eigenvalue weighted by Crippen LogP contribution is -2.21. The van der Waals surface area contributed by atoms with Crippen molar-refractivity contribution in [2.75, 3.05) is 13.1 Å². The van der Waals surface area contributed by atoms with Gasteiger partial charge in [-0.25, -0.2) is 0 Å². The minimum absolute atomic E-state index is 0.961. The molecule has 0 aromatic heterocycles. The highest BCUT2D eigenvalue weighted by atomic mass is 14.9. The van der Waals surface area contributed by atoms with E-state index >= 15 is 0 Å². The van der Waals surface area contributed by atoms with Gasteiger partial charge >= 0.3 is 0 Å². The Hall–Kier alpha value is -1.64. The van der Waals surface area contributed by atoms with E-state index in [-0.39, 0.29) is 0 Å². The summed E-state index contributed by atoms with van der Waals surface area (Å²) >= 11 is 0. The molecule has 124 valence electrons. The number of nitrogens with one attached hydrogen (secondary N) is 2. The zero-order chi connectivity index (χ0) is 16.3. The van der Waals surface area contributed by atoms with Crippen LogP contribution in [0.2, 0.25) is 0 Å². The van der Waals surface area contributed by atoms with E-state index in [1.54, 1.807) is 0 Å². The second-order valence-corrected chi connectivity index (χ2v) is 6.05. The smallest absolute Gasteiger partial charge is 0.0205 e. The Balaban J connectivity index is 1.53. The van der Waals surface area contributed by atoms with Gasteiger partial charge in [0.25, 0.3) is 0 Å². The van der Waals surface area contributed by atoms with Gasteiger partial charge in [0, 0.05) is 13.1 Å². The van der Waals surface area contributed by atoms with Crippen LogP contribution in [-0.2, 0) is 25.9 Å². The normalized spacial score (nSPS) is 10.9. The molecule has 0 unspecified atom stereocenters. The van der Waals surface area contributed by atoms with Gasteiger partial charge in [0.05, 0.1) is 0 Å². The summed E-state index contributed by atoms with van der Waals surface area (Å²) in [6.45, 7) is 8.41. The van der Waals surface area contributed by atoms with Crippen LogP contribution in [0.15, 0.2) is 48.5 Å². The average Bonchev–Trinajstić information content (AvgIpc) is 2.62. The summed E-state index contributed by atoms with van der Waals surface area (Å²) in [4.78, 5) is 0. The van der Waals surface area contributed by atoms with Crippen LogP contribution in [0.25, 0.3) is 0 Å². The molecular formula is C21H30N2. The van der Waals surface area contributed by atoms with Crippen molar-refractivity contribution in [3.8, 4) is 0 Å². The predicted molar refractivity (Wildman–Crippen MR) is 99.7 cm³/mol. The van der Waals surface area contributed by atoms with E-state index in [1.165, 1.54) is 22.3 Å². The molecule has 0 saturated carbocycles. The highest BCUT2D eigenvalue weighted by Gasteiger charge is 1.95. The Kier molecular flexibility index (Phi) is 7.85. The predicted octanol–water partition coefficient (Wildman–Crippen LogP) is 4.08. The van der Waals surface area contributed by atoms with Crippen molar-refractivity contribution < 1.29 is 0 Å². The molecule has 0 fully saturated rings. The summed E-state index contributed by atoms with van der Waals surface area (Å²) in [6.07, 6.45) is 3.38. The molecule has 0 bridgehead atoms. The molecule has 2 rings (SSSR count). The van der Waals surface area contributed by atoms with Crippen LogP contribution in [0, 0.1) is 0 Å². The first-order valence-corrected chi connectivity index (χ1v) is 8.89. The van der Waals surface area contributed by atoms with Gasteiger partial charge in [-0.2, -0.15) is 0 Å². The third-order valence-corrected chi connectivity index (χ3v) is 4.23. The molecule has 0 aliphatic heterocycles. The quantitative estimate of drug-likeness (QED) is 0.646. The van der Waals surface area contributed by atoms with Crippen molar-refractivity contribution in [3.05, 3.63) is 70.8 Å². The Labute approximate surface area is 141 Å². The summed E-state index contributed by atoms with van der Waals surface area (Å²) in [7, 11) is 0. The maximum absolute atomic E-state index is 3.51. The fourth-order valence-corrected chi connectivity index (χ4v) is 2.59. The van der Waals surface area contributed by atoms with E-state index in [9.17, 15) is 0 Å². The molecule has 0 amide bonds. The topological polar surface area (TPSA) is 24.1 Å². The molecule has 0 spiro atoms. The summed E-state index contributed by atoms with van der Waals surface area (Å²) in [5, 5.41) is 7.03. The molecular weight excluding hydrogens is 280 g/mol. The lowest BCUT2D eigenvalue weighted by atomic mass is 10.1. The third-order valence-electron chi connectivity index (χ3n) is 4.23. The summed E-state index contributed by atoms with van der Waals surface area (Å²) in [5.41, 5.74) is 5.55. The van der Waals surface area contributed by atoms with Gasteiger partial charge < -0.3 is 10.6 Å². The van der Waals surface area contributed by atoms with Crippen molar-refractivity contribution in [1.29, 1.82) is 0 Å². The van der Waals surface area contributed by atoms with Crippen LogP contribution in [0.5, 0.6) is 0 Å². The molecule has 0 heterocycles. The Bertz CT molecular complexity index is 492. The highest BCUT2D eigenvalue weighted by Crippen LogP contribution is 2.05. The Morgan fingerprint density at radius 1 is 0.565 bits per heavy atom. The van der Waals surface area contributed by atoms with E-state index in [0.717, 1.165) is 45.4 Å². The second-order valence-electron chi connectivity index (χ2n) is 6.05. The summed E-state index contributed by atoms with van der Waals surface area (Å²) in [6, 6.07) is 17.8. The molecule has 2 nitrogen and oxygen atoms in total. The summed E-state index contributed by atoms with van der Waals surface area (Å²) < 4.78 is 0. The minimum Gasteiger partial charge on any atom is -0.313 e. The van der Waals surface area contributed by atoms with Crippen LogP contribution in [0.4, 0.5) is 0 Å². The van der Waals surface area contributed by atoms with Gasteiger partial charge in [0.2, 0.25) is 0 Å². The van der Waals surface area contributed by atoms with Crippen LogP contribution in [0.3, 0.4) is 0 Å². The Morgan fingerprint density at radius 2 is 0.913 bits per heavy atom. The SMILES string of the molecule is CCc1ccc(CNCCCNCc2ccc(CC)cc2)cc1. The average molecular weight is 310 g/mol. The molecule has 0 atom stereocenters. The number of rotatable bonds is 10. The first-order chi connectivity index (χ1) is 11.3. The fraction of sp³-hybridized carbons (Fsp3) is 0.429. The minimum atomic E-state index is 0.961. The van der Waals surface area contributed by atoms with Crippen LogP contribution in [-0.4, -0.2) is 13.1 Å². The van der Waals surface area contributed by atoms with Gasteiger partial charge in [-0.15, -0.1) is 0 Å². The van der Waals surface area contributed by atoms with E-state index in [0.29, 0.717) is 0 Å². The molecule has 2 heteroatoms. The standard InChI is InChI=1S/C21H30N2/c1-3-18-6-10-20(11-7-18)16-22-14-5-15-23-17-21-12-8-19(4-2)9-13-21/h6-13,22-23H,3-5,14-17H2,1-2H3. The number of benzene rings is 2. The van der Waals surface area contributed by atoms with Crippen molar-refractivity contribution in [1.82, 2.24) is 10.6 Å². The van der Waals surface area contributed by atoms with Gasteiger partial charge in [-0.05, 0) is 54.6 Å². The van der Waals surface area contributed by atoms with Crippen molar-refractivity contribution >= 4 is 0 Å². The maximum Gasteiger partial charge on any atom is 0.0205 e. The number of aryl methyl sites for hydroxylation is 2. The molecule has 2 aromatic carbocycles. The molecule has 0 saturated heterocycles. The lowest BCUT2D eigenvalue weighted by Gasteiger charge is -2.08. The molecule has 23 heavy (non-hydrogen) atoms. The van der Waals surface area contributed by atoms with E-state index in [2.05, 4.69) is 73.0 Å². The zero-order valence-electron chi connectivity index (χ0n) is 14.6. The van der Waals surface area contributed by atoms with E-state index in [4.69, 9.17) is 0 Å². The lowest BCUT2D eigenvalue weighted by molar-refractivity contribution is 0.595.